The Morgan fingerprint density at radius 2 is 1.95 bits per heavy atom. The molecular formula is C16H30N4S. The number of aliphatic imine (C=N–C) groups is 1. The van der Waals surface area contributed by atoms with Gasteiger partial charge in [0.1, 0.15) is 5.01 Å². The molecule has 0 aliphatic rings. The van der Waals surface area contributed by atoms with Crippen LogP contribution < -0.4 is 10.6 Å². The van der Waals surface area contributed by atoms with E-state index >= 15 is 0 Å². The number of nitrogens with zero attached hydrogens (tertiary/aromatic N) is 2. The van der Waals surface area contributed by atoms with E-state index < -0.39 is 0 Å². The van der Waals surface area contributed by atoms with Gasteiger partial charge >= 0.3 is 0 Å². The summed E-state index contributed by atoms with van der Waals surface area (Å²) in [5, 5.41) is 7.87. The van der Waals surface area contributed by atoms with Gasteiger partial charge in [0, 0.05) is 18.5 Å². The molecule has 120 valence electrons. The molecule has 0 saturated heterocycles. The fourth-order valence-corrected chi connectivity index (χ4v) is 3.37. The summed E-state index contributed by atoms with van der Waals surface area (Å²) in [6.07, 6.45) is 1.20. The van der Waals surface area contributed by atoms with Gasteiger partial charge in [0.2, 0.25) is 0 Å². The molecule has 0 fully saturated rings. The predicted molar refractivity (Wildman–Crippen MR) is 93.0 cm³/mol. The van der Waals surface area contributed by atoms with Crippen LogP contribution in [0.2, 0.25) is 0 Å². The van der Waals surface area contributed by atoms with Crippen LogP contribution in [0.5, 0.6) is 0 Å². The number of aromatic nitrogens is 1. The molecule has 0 spiro atoms. The van der Waals surface area contributed by atoms with Crippen LogP contribution in [0.15, 0.2) is 4.99 Å². The molecule has 5 heteroatoms. The van der Waals surface area contributed by atoms with Crippen molar-refractivity contribution in [2.24, 2.45) is 16.3 Å². The second kappa shape index (κ2) is 7.78. The van der Waals surface area contributed by atoms with E-state index in [9.17, 15) is 0 Å². The lowest BCUT2D eigenvalue weighted by Gasteiger charge is -2.27. The van der Waals surface area contributed by atoms with Gasteiger partial charge < -0.3 is 10.6 Å². The number of hydrogen-bond acceptors (Lipinski definition) is 3. The van der Waals surface area contributed by atoms with Crippen LogP contribution in [-0.4, -0.2) is 24.5 Å². The van der Waals surface area contributed by atoms with Crippen molar-refractivity contribution in [1.29, 1.82) is 0 Å². The van der Waals surface area contributed by atoms with Crippen molar-refractivity contribution in [2.45, 2.75) is 54.5 Å². The fraction of sp³-hybridized carbons (Fsp3) is 0.750. The highest BCUT2D eigenvalue weighted by Gasteiger charge is 2.19. The van der Waals surface area contributed by atoms with Crippen LogP contribution in [0.3, 0.4) is 0 Å². The Morgan fingerprint density at radius 1 is 1.29 bits per heavy atom. The average molecular weight is 311 g/mol. The van der Waals surface area contributed by atoms with Gasteiger partial charge in [-0.1, -0.05) is 27.7 Å². The van der Waals surface area contributed by atoms with Crippen LogP contribution in [0.25, 0.3) is 0 Å². The van der Waals surface area contributed by atoms with Crippen molar-refractivity contribution >= 4 is 17.3 Å². The predicted octanol–water partition coefficient (Wildman–Crippen LogP) is 3.50. The molecule has 0 bridgehead atoms. The van der Waals surface area contributed by atoms with Crippen molar-refractivity contribution in [2.75, 3.05) is 13.6 Å². The maximum absolute atomic E-state index is 4.54. The summed E-state index contributed by atoms with van der Waals surface area (Å²) in [6, 6.07) is 0. The molecule has 21 heavy (non-hydrogen) atoms. The minimum absolute atomic E-state index is 0.264. The molecule has 0 saturated carbocycles. The first-order valence-corrected chi connectivity index (χ1v) is 8.42. The lowest BCUT2D eigenvalue weighted by molar-refractivity contribution is 0.286. The molecule has 1 aromatic heterocycles. The van der Waals surface area contributed by atoms with Gasteiger partial charge in [-0.3, -0.25) is 4.99 Å². The topological polar surface area (TPSA) is 49.3 Å². The second-order valence-electron chi connectivity index (χ2n) is 6.79. The molecular weight excluding hydrogens is 280 g/mol. The molecule has 0 radical (unpaired) electrons. The zero-order valence-corrected chi connectivity index (χ0v) is 15.3. The van der Waals surface area contributed by atoms with Crippen LogP contribution in [0.1, 0.15) is 49.7 Å². The second-order valence-corrected chi connectivity index (χ2v) is 8.08. The van der Waals surface area contributed by atoms with Gasteiger partial charge in [-0.05, 0) is 31.6 Å². The Kier molecular flexibility index (Phi) is 6.65. The molecule has 2 N–H and O–H groups in total. The molecule has 0 aliphatic heterocycles. The van der Waals surface area contributed by atoms with Crippen molar-refractivity contribution in [3.8, 4) is 0 Å². The lowest BCUT2D eigenvalue weighted by atomic mass is 9.84. The minimum Gasteiger partial charge on any atom is -0.356 e. The number of aryl methyl sites for hydroxylation is 2. The van der Waals surface area contributed by atoms with E-state index in [-0.39, 0.29) is 5.41 Å². The Hall–Kier alpha value is -1.10. The molecule has 1 heterocycles. The lowest BCUT2D eigenvalue weighted by Crippen LogP contribution is -2.42. The van der Waals surface area contributed by atoms with Crippen LogP contribution >= 0.6 is 11.3 Å². The zero-order chi connectivity index (χ0) is 16.0. The highest BCUT2D eigenvalue weighted by Crippen LogP contribution is 2.24. The smallest absolute Gasteiger partial charge is 0.191 e. The summed E-state index contributed by atoms with van der Waals surface area (Å²) in [6.45, 7) is 14.9. The molecule has 0 aromatic carbocycles. The Morgan fingerprint density at radius 3 is 2.43 bits per heavy atom. The highest BCUT2D eigenvalue weighted by molar-refractivity contribution is 7.11. The first-order valence-electron chi connectivity index (χ1n) is 7.61. The van der Waals surface area contributed by atoms with E-state index in [1.54, 1.807) is 11.3 Å². The van der Waals surface area contributed by atoms with Gasteiger partial charge in [-0.25, -0.2) is 4.98 Å². The number of guanidine groups is 1. The van der Waals surface area contributed by atoms with Gasteiger partial charge in [0.15, 0.2) is 5.96 Å². The Labute approximate surface area is 133 Å². The first-order chi connectivity index (χ1) is 9.73. The highest BCUT2D eigenvalue weighted by atomic mass is 32.1. The fourth-order valence-electron chi connectivity index (χ4n) is 2.50. The third kappa shape index (κ3) is 6.46. The molecule has 0 amide bonds. The normalized spacial score (nSPS) is 12.9. The summed E-state index contributed by atoms with van der Waals surface area (Å²) in [7, 11) is 1.81. The van der Waals surface area contributed by atoms with E-state index in [1.807, 2.05) is 7.05 Å². The maximum Gasteiger partial charge on any atom is 0.191 e. The molecule has 1 aromatic rings. The van der Waals surface area contributed by atoms with Crippen LogP contribution in [-0.2, 0) is 6.54 Å². The molecule has 0 aliphatic carbocycles. The summed E-state index contributed by atoms with van der Waals surface area (Å²) in [5.74, 6) is 1.55. The number of nitrogens with one attached hydrogen (secondary N) is 2. The van der Waals surface area contributed by atoms with Crippen molar-refractivity contribution < 1.29 is 0 Å². The molecule has 0 atom stereocenters. The van der Waals surface area contributed by atoms with Crippen LogP contribution in [0.4, 0.5) is 0 Å². The van der Waals surface area contributed by atoms with Crippen molar-refractivity contribution in [3.63, 3.8) is 0 Å². The van der Waals surface area contributed by atoms with E-state index in [4.69, 9.17) is 0 Å². The monoisotopic (exact) mass is 310 g/mol. The minimum atomic E-state index is 0.264. The summed E-state index contributed by atoms with van der Waals surface area (Å²) < 4.78 is 0. The number of rotatable bonds is 6. The first kappa shape index (κ1) is 18.0. The van der Waals surface area contributed by atoms with Crippen molar-refractivity contribution in [3.05, 3.63) is 15.6 Å². The van der Waals surface area contributed by atoms with E-state index in [0.29, 0.717) is 5.92 Å². The maximum atomic E-state index is 4.54. The SMILES string of the molecule is CN=C(NCc1nc(C)c(C)s1)NCC(C)(C)CC(C)C. The molecule has 4 nitrogen and oxygen atoms in total. The molecule has 0 unspecified atom stereocenters. The third-order valence-electron chi connectivity index (χ3n) is 3.40. The van der Waals surface area contributed by atoms with E-state index in [1.165, 1.54) is 11.3 Å². The summed E-state index contributed by atoms with van der Waals surface area (Å²) >= 11 is 1.74. The van der Waals surface area contributed by atoms with Gasteiger partial charge in [0.25, 0.3) is 0 Å². The van der Waals surface area contributed by atoms with Gasteiger partial charge in [-0.2, -0.15) is 0 Å². The average Bonchev–Trinajstić information content (AvgIpc) is 2.67. The quantitative estimate of drug-likeness (QED) is 0.624. The zero-order valence-electron chi connectivity index (χ0n) is 14.5. The van der Waals surface area contributed by atoms with Gasteiger partial charge in [0.05, 0.1) is 12.2 Å². The standard InChI is InChI=1S/C16H30N4S/c1-11(2)8-16(5,6)10-19-15(17-7)18-9-14-20-12(3)13(4)21-14/h11H,8-10H2,1-7H3,(H2,17,18,19). The molecule has 1 rings (SSSR count). The Balaban J connectivity index is 2.45. The summed E-state index contributed by atoms with van der Waals surface area (Å²) in [4.78, 5) is 10.1. The third-order valence-corrected chi connectivity index (χ3v) is 4.47. The number of thiazole rings is 1. The largest absolute Gasteiger partial charge is 0.356 e. The number of hydrogen-bond donors (Lipinski definition) is 2. The Bertz CT molecular complexity index is 455. The van der Waals surface area contributed by atoms with Crippen molar-refractivity contribution in [1.82, 2.24) is 15.6 Å². The van der Waals surface area contributed by atoms with E-state index in [0.717, 1.165) is 29.8 Å². The van der Waals surface area contributed by atoms with Crippen LogP contribution in [0, 0.1) is 25.2 Å². The summed E-state index contributed by atoms with van der Waals surface area (Å²) in [5.41, 5.74) is 1.39. The van der Waals surface area contributed by atoms with Gasteiger partial charge in [-0.15, -0.1) is 11.3 Å². The van der Waals surface area contributed by atoms with E-state index in [2.05, 4.69) is 62.2 Å².